The SMILES string of the molecule is O=[N+]([O-])c1cc(Br)ccc1Oc1cc(Cl)nc2ncnn12. The van der Waals surface area contributed by atoms with Gasteiger partial charge in [0.1, 0.15) is 11.5 Å². The van der Waals surface area contributed by atoms with Gasteiger partial charge in [-0.1, -0.05) is 27.5 Å². The molecule has 1 aromatic carbocycles. The van der Waals surface area contributed by atoms with E-state index in [2.05, 4.69) is 31.0 Å². The lowest BCUT2D eigenvalue weighted by Gasteiger charge is -2.07. The maximum absolute atomic E-state index is 11.1. The van der Waals surface area contributed by atoms with Crippen LogP contribution in [-0.4, -0.2) is 24.5 Å². The van der Waals surface area contributed by atoms with Gasteiger partial charge >= 0.3 is 5.69 Å². The molecule has 0 unspecified atom stereocenters. The molecule has 0 saturated heterocycles. The first-order chi connectivity index (χ1) is 10.0. The van der Waals surface area contributed by atoms with E-state index >= 15 is 0 Å². The van der Waals surface area contributed by atoms with Crippen LogP contribution in [0.15, 0.2) is 35.1 Å². The van der Waals surface area contributed by atoms with Crippen molar-refractivity contribution in [3.63, 3.8) is 0 Å². The molecule has 0 saturated carbocycles. The molecule has 2 heterocycles. The summed E-state index contributed by atoms with van der Waals surface area (Å²) in [6.45, 7) is 0. The summed E-state index contributed by atoms with van der Waals surface area (Å²) in [6, 6.07) is 5.84. The molecule has 0 radical (unpaired) electrons. The van der Waals surface area contributed by atoms with Gasteiger partial charge in [0.2, 0.25) is 11.6 Å². The Balaban J connectivity index is 2.10. The molecule has 0 aliphatic carbocycles. The maximum Gasteiger partial charge on any atom is 0.312 e. The van der Waals surface area contributed by atoms with Gasteiger partial charge in [-0.25, -0.2) is 0 Å². The summed E-state index contributed by atoms with van der Waals surface area (Å²) >= 11 is 9.04. The van der Waals surface area contributed by atoms with Gasteiger partial charge in [-0.3, -0.25) is 10.1 Å². The molecule has 106 valence electrons. The first-order valence-electron chi connectivity index (χ1n) is 5.52. The Morgan fingerprint density at radius 1 is 1.38 bits per heavy atom. The number of aromatic nitrogens is 4. The second kappa shape index (κ2) is 5.26. The Morgan fingerprint density at radius 2 is 2.19 bits per heavy atom. The van der Waals surface area contributed by atoms with Crippen molar-refractivity contribution in [1.82, 2.24) is 19.6 Å². The van der Waals surface area contributed by atoms with Crippen molar-refractivity contribution >= 4 is 39.0 Å². The Hall–Kier alpha value is -2.26. The number of nitro benzene ring substituents is 1. The number of halogens is 2. The summed E-state index contributed by atoms with van der Waals surface area (Å²) in [7, 11) is 0. The Kier molecular flexibility index (Phi) is 3.43. The monoisotopic (exact) mass is 369 g/mol. The van der Waals surface area contributed by atoms with Crippen molar-refractivity contribution in [2.45, 2.75) is 0 Å². The van der Waals surface area contributed by atoms with E-state index in [4.69, 9.17) is 16.3 Å². The zero-order valence-electron chi connectivity index (χ0n) is 10.1. The number of rotatable bonds is 3. The lowest BCUT2D eigenvalue weighted by molar-refractivity contribution is -0.385. The smallest absolute Gasteiger partial charge is 0.312 e. The molecule has 2 aromatic heterocycles. The van der Waals surface area contributed by atoms with Gasteiger partial charge < -0.3 is 4.74 Å². The van der Waals surface area contributed by atoms with Gasteiger partial charge in [0.05, 0.1) is 4.92 Å². The minimum atomic E-state index is -0.540. The van der Waals surface area contributed by atoms with E-state index in [1.54, 1.807) is 6.07 Å². The molecule has 0 N–H and O–H groups in total. The summed E-state index contributed by atoms with van der Waals surface area (Å²) in [5.41, 5.74) is -0.189. The van der Waals surface area contributed by atoms with Gasteiger partial charge in [0.15, 0.2) is 0 Å². The van der Waals surface area contributed by atoms with Gasteiger partial charge in [-0.05, 0) is 12.1 Å². The average molecular weight is 371 g/mol. The van der Waals surface area contributed by atoms with E-state index in [-0.39, 0.29) is 28.2 Å². The van der Waals surface area contributed by atoms with E-state index in [1.807, 2.05) is 0 Å². The molecule has 0 aliphatic rings. The zero-order chi connectivity index (χ0) is 15.0. The van der Waals surface area contributed by atoms with Crippen molar-refractivity contribution in [1.29, 1.82) is 0 Å². The third-order valence-corrected chi connectivity index (χ3v) is 3.21. The molecule has 0 atom stereocenters. The van der Waals surface area contributed by atoms with Crippen LogP contribution in [-0.2, 0) is 0 Å². The second-order valence-corrected chi connectivity index (χ2v) is 5.16. The fourth-order valence-electron chi connectivity index (χ4n) is 1.66. The van der Waals surface area contributed by atoms with Crippen LogP contribution in [0.2, 0.25) is 5.15 Å². The molecule has 3 rings (SSSR count). The van der Waals surface area contributed by atoms with Gasteiger partial charge in [0.25, 0.3) is 5.78 Å². The molecule has 8 nitrogen and oxygen atoms in total. The fourth-order valence-corrected chi connectivity index (χ4v) is 2.18. The minimum absolute atomic E-state index is 0.0577. The molecule has 0 bridgehead atoms. The van der Waals surface area contributed by atoms with Crippen LogP contribution < -0.4 is 4.74 Å². The summed E-state index contributed by atoms with van der Waals surface area (Å²) in [4.78, 5) is 18.4. The van der Waals surface area contributed by atoms with Crippen LogP contribution in [0.3, 0.4) is 0 Å². The first kappa shape index (κ1) is 13.7. The molecule has 0 fully saturated rings. The van der Waals surface area contributed by atoms with Gasteiger partial charge in [0, 0.05) is 16.6 Å². The number of ether oxygens (including phenoxy) is 1. The predicted octanol–water partition coefficient (Wildman–Crippen LogP) is 3.24. The Labute approximate surface area is 130 Å². The molecule has 0 amide bonds. The van der Waals surface area contributed by atoms with Crippen LogP contribution in [0.5, 0.6) is 11.6 Å². The standard InChI is InChI=1S/C11H5BrClN5O3/c12-6-1-2-8(7(3-6)18(19)20)21-10-4-9(13)16-11-14-5-15-17(10)11/h1-5H. The second-order valence-electron chi connectivity index (χ2n) is 3.86. The third-order valence-electron chi connectivity index (χ3n) is 2.52. The Morgan fingerprint density at radius 3 is 2.95 bits per heavy atom. The summed E-state index contributed by atoms with van der Waals surface area (Å²) in [5.74, 6) is 0.465. The molecular formula is C11H5BrClN5O3. The highest BCUT2D eigenvalue weighted by atomic mass is 79.9. The normalized spacial score (nSPS) is 10.8. The van der Waals surface area contributed by atoms with Crippen molar-refractivity contribution in [3.05, 3.63) is 50.3 Å². The zero-order valence-corrected chi connectivity index (χ0v) is 12.4. The van der Waals surface area contributed by atoms with Crippen molar-refractivity contribution in [2.75, 3.05) is 0 Å². The largest absolute Gasteiger partial charge is 0.432 e. The van der Waals surface area contributed by atoms with Crippen LogP contribution in [0.1, 0.15) is 0 Å². The molecule has 0 aliphatic heterocycles. The van der Waals surface area contributed by atoms with Gasteiger partial charge in [-0.2, -0.15) is 19.6 Å². The van der Waals surface area contributed by atoms with Crippen LogP contribution >= 0.6 is 27.5 Å². The fraction of sp³-hybridized carbons (Fsp3) is 0. The Bertz CT molecular complexity index is 853. The molecule has 10 heteroatoms. The average Bonchev–Trinajstić information content (AvgIpc) is 2.88. The third kappa shape index (κ3) is 2.65. The van der Waals surface area contributed by atoms with Crippen molar-refractivity contribution < 1.29 is 9.66 Å². The number of nitro groups is 1. The highest BCUT2D eigenvalue weighted by Crippen LogP contribution is 2.34. The predicted molar refractivity (Wildman–Crippen MR) is 76.7 cm³/mol. The van der Waals surface area contributed by atoms with E-state index in [9.17, 15) is 10.1 Å². The summed E-state index contributed by atoms with van der Waals surface area (Å²) in [6.07, 6.45) is 1.28. The lowest BCUT2D eigenvalue weighted by Crippen LogP contribution is -2.00. The maximum atomic E-state index is 11.1. The quantitative estimate of drug-likeness (QED) is 0.399. The topological polar surface area (TPSA) is 95.5 Å². The summed E-state index contributed by atoms with van der Waals surface area (Å²) < 4.78 is 7.41. The van der Waals surface area contributed by atoms with E-state index in [0.717, 1.165) is 0 Å². The van der Waals surface area contributed by atoms with E-state index < -0.39 is 4.92 Å². The summed E-state index contributed by atoms with van der Waals surface area (Å²) in [5, 5.41) is 15.1. The number of nitrogens with zero attached hydrogens (tertiary/aromatic N) is 5. The van der Waals surface area contributed by atoms with Crippen LogP contribution in [0.25, 0.3) is 5.78 Å². The van der Waals surface area contributed by atoms with Gasteiger partial charge in [-0.15, -0.1) is 0 Å². The van der Waals surface area contributed by atoms with Crippen LogP contribution in [0.4, 0.5) is 5.69 Å². The highest BCUT2D eigenvalue weighted by molar-refractivity contribution is 9.10. The van der Waals surface area contributed by atoms with Crippen molar-refractivity contribution in [3.8, 4) is 11.6 Å². The number of fused-ring (bicyclic) bond motifs is 1. The van der Waals surface area contributed by atoms with Crippen LogP contribution in [0, 0.1) is 10.1 Å². The first-order valence-corrected chi connectivity index (χ1v) is 6.70. The van der Waals surface area contributed by atoms with E-state index in [1.165, 1.54) is 29.0 Å². The molecule has 0 spiro atoms. The number of hydrogen-bond donors (Lipinski definition) is 0. The lowest BCUT2D eigenvalue weighted by atomic mass is 10.3. The molecule has 3 aromatic rings. The minimum Gasteiger partial charge on any atom is -0.432 e. The van der Waals surface area contributed by atoms with E-state index in [0.29, 0.717) is 4.47 Å². The highest BCUT2D eigenvalue weighted by Gasteiger charge is 2.18. The molecular weight excluding hydrogens is 366 g/mol. The molecule has 21 heavy (non-hydrogen) atoms. The van der Waals surface area contributed by atoms with Crippen molar-refractivity contribution in [2.24, 2.45) is 0 Å². The number of hydrogen-bond acceptors (Lipinski definition) is 6. The number of benzene rings is 1.